The fourth-order valence-electron chi connectivity index (χ4n) is 2.85. The number of sulfone groups is 1. The largest absolute Gasteiger partial charge is 0.497 e. The molecule has 0 spiro atoms. The van der Waals surface area contributed by atoms with Crippen LogP contribution in [0.15, 0.2) is 60.0 Å². The van der Waals surface area contributed by atoms with Gasteiger partial charge in [-0.2, -0.15) is 0 Å². The van der Waals surface area contributed by atoms with Gasteiger partial charge in [-0.1, -0.05) is 12.1 Å². The van der Waals surface area contributed by atoms with Gasteiger partial charge in [-0.25, -0.2) is 12.8 Å². The van der Waals surface area contributed by atoms with Crippen LogP contribution in [0.4, 0.5) is 10.1 Å². The molecule has 1 aliphatic heterocycles. The molecule has 7 heteroatoms. The van der Waals surface area contributed by atoms with Crippen LogP contribution in [0.1, 0.15) is 5.56 Å². The molecule has 2 aromatic carbocycles. The van der Waals surface area contributed by atoms with Gasteiger partial charge in [0.25, 0.3) is 0 Å². The molecular weight excluding hydrogens is 357 g/mol. The van der Waals surface area contributed by atoms with Gasteiger partial charge in [0.2, 0.25) is 5.91 Å². The maximum Gasteiger partial charge on any atom is 0.231 e. The Kier molecular flexibility index (Phi) is 5.08. The minimum atomic E-state index is -3.34. The lowest BCUT2D eigenvalue weighted by Crippen LogP contribution is -2.42. The van der Waals surface area contributed by atoms with Crippen LogP contribution < -0.4 is 9.64 Å². The van der Waals surface area contributed by atoms with Crippen molar-refractivity contribution in [1.82, 2.24) is 0 Å². The highest BCUT2D eigenvalue weighted by Crippen LogP contribution is 2.24. The van der Waals surface area contributed by atoms with E-state index in [4.69, 9.17) is 4.74 Å². The highest BCUT2D eigenvalue weighted by Gasteiger charge is 2.31. The summed E-state index contributed by atoms with van der Waals surface area (Å²) in [6.45, 7) is 0. The van der Waals surface area contributed by atoms with Crippen molar-refractivity contribution in [3.05, 3.63) is 71.4 Å². The first-order valence-corrected chi connectivity index (χ1v) is 9.71. The molecule has 0 fully saturated rings. The Bertz CT molecular complexity index is 921. The molecule has 5 nitrogen and oxygen atoms in total. The number of methoxy groups -OCH3 is 1. The van der Waals surface area contributed by atoms with Crippen molar-refractivity contribution < 1.29 is 22.3 Å². The van der Waals surface area contributed by atoms with Crippen LogP contribution >= 0.6 is 0 Å². The van der Waals surface area contributed by atoms with Crippen LogP contribution in [-0.4, -0.2) is 33.2 Å². The minimum absolute atomic E-state index is 0.0890. The Morgan fingerprint density at radius 1 is 1.15 bits per heavy atom. The molecule has 0 saturated carbocycles. The van der Waals surface area contributed by atoms with Crippen LogP contribution in [0.3, 0.4) is 0 Å². The quantitative estimate of drug-likeness (QED) is 0.806. The van der Waals surface area contributed by atoms with Crippen LogP contribution in [-0.2, 0) is 21.1 Å². The Morgan fingerprint density at radius 2 is 1.81 bits per heavy atom. The van der Waals surface area contributed by atoms with Crippen molar-refractivity contribution in [1.29, 1.82) is 0 Å². The highest BCUT2D eigenvalue weighted by molar-refractivity contribution is 7.94. The molecule has 0 unspecified atom stereocenters. The van der Waals surface area contributed by atoms with Crippen molar-refractivity contribution in [2.45, 2.75) is 12.5 Å². The summed E-state index contributed by atoms with van der Waals surface area (Å²) in [5.41, 5.74) is 1.23. The SMILES string of the molecule is COc1ccc(CC(=O)N(c2ccc(F)cc2)[C@H]2C=CS(=O)(=O)C2)cc1. The fraction of sp³-hybridized carbons (Fsp3) is 0.211. The Labute approximate surface area is 151 Å². The normalized spacial score (nSPS) is 17.8. The van der Waals surface area contributed by atoms with Gasteiger partial charge in [-0.05, 0) is 48.0 Å². The molecule has 1 amide bonds. The van der Waals surface area contributed by atoms with Gasteiger partial charge < -0.3 is 9.64 Å². The van der Waals surface area contributed by atoms with Crippen LogP contribution in [0.25, 0.3) is 0 Å². The second kappa shape index (κ2) is 7.29. The number of ether oxygens (including phenoxy) is 1. The average Bonchev–Trinajstić information content (AvgIpc) is 2.97. The fourth-order valence-corrected chi connectivity index (χ4v) is 4.11. The van der Waals surface area contributed by atoms with E-state index in [1.165, 1.54) is 35.2 Å². The molecule has 1 aliphatic rings. The third-order valence-electron chi connectivity index (χ3n) is 4.13. The Balaban J connectivity index is 1.88. The molecule has 2 aromatic rings. The summed E-state index contributed by atoms with van der Waals surface area (Å²) in [7, 11) is -1.78. The predicted octanol–water partition coefficient (Wildman–Crippen LogP) is 2.72. The van der Waals surface area contributed by atoms with E-state index in [1.807, 2.05) is 0 Å². The first-order chi connectivity index (χ1) is 12.4. The van der Waals surface area contributed by atoms with Crippen LogP contribution in [0.2, 0.25) is 0 Å². The number of rotatable bonds is 5. The van der Waals surface area contributed by atoms with Crippen molar-refractivity contribution in [2.75, 3.05) is 17.8 Å². The maximum atomic E-state index is 13.2. The maximum absolute atomic E-state index is 13.2. The molecule has 0 aromatic heterocycles. The molecule has 0 radical (unpaired) electrons. The summed E-state index contributed by atoms with van der Waals surface area (Å²) in [6, 6.07) is 11.9. The topological polar surface area (TPSA) is 63.7 Å². The lowest BCUT2D eigenvalue weighted by molar-refractivity contribution is -0.118. The first kappa shape index (κ1) is 18.1. The van der Waals surface area contributed by atoms with E-state index >= 15 is 0 Å². The molecule has 26 heavy (non-hydrogen) atoms. The highest BCUT2D eigenvalue weighted by atomic mass is 32.2. The lowest BCUT2D eigenvalue weighted by atomic mass is 10.1. The van der Waals surface area contributed by atoms with Crippen molar-refractivity contribution >= 4 is 21.4 Å². The van der Waals surface area contributed by atoms with E-state index in [9.17, 15) is 17.6 Å². The van der Waals surface area contributed by atoms with Gasteiger partial charge in [0.1, 0.15) is 11.6 Å². The summed E-state index contributed by atoms with van der Waals surface area (Å²) < 4.78 is 41.9. The lowest BCUT2D eigenvalue weighted by Gasteiger charge is -2.28. The monoisotopic (exact) mass is 375 g/mol. The molecule has 0 saturated heterocycles. The summed E-state index contributed by atoms with van der Waals surface area (Å²) in [5.74, 6) is -0.195. The Hall–Kier alpha value is -2.67. The smallest absolute Gasteiger partial charge is 0.231 e. The molecule has 1 heterocycles. The zero-order valence-corrected chi connectivity index (χ0v) is 14.9. The van der Waals surface area contributed by atoms with E-state index in [2.05, 4.69) is 0 Å². The number of carbonyl (C=O) groups is 1. The number of hydrogen-bond acceptors (Lipinski definition) is 4. The third kappa shape index (κ3) is 4.11. The minimum Gasteiger partial charge on any atom is -0.497 e. The summed E-state index contributed by atoms with van der Waals surface area (Å²) in [4.78, 5) is 14.3. The van der Waals surface area contributed by atoms with E-state index in [0.29, 0.717) is 11.4 Å². The van der Waals surface area contributed by atoms with Crippen molar-refractivity contribution in [3.8, 4) is 5.75 Å². The predicted molar refractivity (Wildman–Crippen MR) is 97.3 cm³/mol. The van der Waals surface area contributed by atoms with Gasteiger partial charge in [-0.15, -0.1) is 0 Å². The zero-order chi connectivity index (χ0) is 18.7. The summed E-state index contributed by atoms with van der Waals surface area (Å²) in [5, 5.41) is 1.12. The summed E-state index contributed by atoms with van der Waals surface area (Å²) >= 11 is 0. The Morgan fingerprint density at radius 3 is 2.35 bits per heavy atom. The van der Waals surface area contributed by atoms with E-state index in [0.717, 1.165) is 11.0 Å². The van der Waals surface area contributed by atoms with E-state index in [-0.39, 0.29) is 18.1 Å². The standard InChI is InChI=1S/C19H18FNO4S/c1-25-18-8-2-14(3-9-18)12-19(22)21(16-6-4-15(20)5-7-16)17-10-11-26(23,24)13-17/h2-11,17H,12-13H2,1H3/t17-/m0/s1. The molecule has 0 N–H and O–H groups in total. The first-order valence-electron chi connectivity index (χ1n) is 7.99. The number of halogens is 1. The molecule has 0 bridgehead atoms. The number of benzene rings is 2. The van der Waals surface area contributed by atoms with Gasteiger partial charge >= 0.3 is 0 Å². The number of hydrogen-bond donors (Lipinski definition) is 0. The van der Waals surface area contributed by atoms with Gasteiger partial charge in [0, 0.05) is 11.1 Å². The van der Waals surface area contributed by atoms with Crippen molar-refractivity contribution in [3.63, 3.8) is 0 Å². The number of nitrogens with zero attached hydrogens (tertiary/aromatic N) is 1. The second-order valence-corrected chi connectivity index (χ2v) is 7.92. The van der Waals surface area contributed by atoms with Crippen molar-refractivity contribution in [2.24, 2.45) is 0 Å². The molecule has 136 valence electrons. The van der Waals surface area contributed by atoms with Gasteiger partial charge in [0.15, 0.2) is 9.84 Å². The third-order valence-corrected chi connectivity index (χ3v) is 5.51. The molecule has 0 aliphatic carbocycles. The van der Waals surface area contributed by atoms with E-state index < -0.39 is 21.7 Å². The van der Waals surface area contributed by atoms with Gasteiger partial charge in [0.05, 0.1) is 25.3 Å². The average molecular weight is 375 g/mol. The zero-order valence-electron chi connectivity index (χ0n) is 14.1. The van der Waals surface area contributed by atoms with Crippen LogP contribution in [0.5, 0.6) is 5.75 Å². The van der Waals surface area contributed by atoms with Gasteiger partial charge in [-0.3, -0.25) is 4.79 Å². The number of carbonyl (C=O) groups excluding carboxylic acids is 1. The van der Waals surface area contributed by atoms with E-state index in [1.54, 1.807) is 31.4 Å². The van der Waals surface area contributed by atoms with Crippen LogP contribution in [0, 0.1) is 5.82 Å². The molecule has 1 atom stereocenters. The molecular formula is C19H18FNO4S. The second-order valence-electron chi connectivity index (χ2n) is 5.99. The number of amides is 1. The summed E-state index contributed by atoms with van der Waals surface area (Å²) in [6.07, 6.45) is 1.58. The number of anilines is 1. The molecule has 3 rings (SSSR count).